The van der Waals surface area contributed by atoms with Crippen molar-refractivity contribution in [2.24, 2.45) is 0 Å². The monoisotopic (exact) mass is 484 g/mol. The van der Waals surface area contributed by atoms with E-state index in [4.69, 9.17) is 9.72 Å². The minimum Gasteiger partial charge on any atom is -0.486 e. The Morgan fingerprint density at radius 1 is 1.09 bits per heavy atom. The molecule has 2 aromatic heterocycles. The van der Waals surface area contributed by atoms with Gasteiger partial charge in [0.2, 0.25) is 5.95 Å². The molecular weight excluding hydrogens is 457 g/mol. The molecule has 3 aromatic rings. The van der Waals surface area contributed by atoms with E-state index < -0.39 is 11.9 Å². The summed E-state index contributed by atoms with van der Waals surface area (Å²) in [6.07, 6.45) is 0.835. The van der Waals surface area contributed by atoms with Crippen molar-refractivity contribution in [2.45, 2.75) is 37.5 Å². The van der Waals surface area contributed by atoms with Crippen LogP contribution >= 0.6 is 0 Å². The number of hydrogen-bond acceptors (Lipinski definition) is 7. The van der Waals surface area contributed by atoms with Crippen LogP contribution in [0.3, 0.4) is 0 Å². The Bertz CT molecular complexity index is 1150. The normalized spacial score (nSPS) is 18.7. The molecule has 0 aliphatic carbocycles. The molecule has 0 bridgehead atoms. The molecule has 1 unspecified atom stereocenters. The molecule has 7 nitrogen and oxygen atoms in total. The van der Waals surface area contributed by atoms with Crippen LogP contribution in [0.1, 0.15) is 24.1 Å². The summed E-state index contributed by atoms with van der Waals surface area (Å²) in [7, 11) is 2.02. The summed E-state index contributed by atoms with van der Waals surface area (Å²) in [4.78, 5) is 16.7. The third kappa shape index (κ3) is 5.26. The average Bonchev–Trinajstić information content (AvgIpc) is 2.87. The van der Waals surface area contributed by atoms with E-state index in [9.17, 15) is 13.2 Å². The second kappa shape index (κ2) is 9.59. The van der Waals surface area contributed by atoms with Crippen molar-refractivity contribution >= 4 is 17.5 Å². The van der Waals surface area contributed by atoms with Gasteiger partial charge in [-0.15, -0.1) is 0 Å². The standard InChI is InChI=1S/C25H27F3N6O/c1-33-20(13-17-5-3-2-4-6-17)16-35-21-15-30-24(32-23(21)33)31-18-8-11-34(12-9-18)19-7-10-29-22(14-19)25(26,27)28/h2-7,10,14-15,18,20H,8-9,11-13,16H2,1H3,(H,30,31,32). The van der Waals surface area contributed by atoms with Crippen LogP contribution in [0, 0.1) is 0 Å². The lowest BCUT2D eigenvalue weighted by Gasteiger charge is -2.36. The van der Waals surface area contributed by atoms with Gasteiger partial charge < -0.3 is 19.9 Å². The Hall–Kier alpha value is -3.56. The van der Waals surface area contributed by atoms with Crippen LogP contribution in [-0.2, 0) is 12.6 Å². The molecule has 4 heterocycles. The number of hydrogen-bond donors (Lipinski definition) is 1. The summed E-state index contributed by atoms with van der Waals surface area (Å²) in [5, 5.41) is 3.40. The SMILES string of the molecule is CN1c2nc(NC3CCN(c4ccnc(C(F)(F)F)c4)CC3)ncc2OCC1Cc1ccccc1. The van der Waals surface area contributed by atoms with Crippen LogP contribution in [0.4, 0.5) is 30.6 Å². The molecule has 35 heavy (non-hydrogen) atoms. The fourth-order valence-corrected chi connectivity index (χ4v) is 4.57. The minimum absolute atomic E-state index is 0.128. The van der Waals surface area contributed by atoms with Crippen molar-refractivity contribution in [1.29, 1.82) is 0 Å². The van der Waals surface area contributed by atoms with Gasteiger partial charge in [0.25, 0.3) is 0 Å². The number of nitrogens with zero attached hydrogens (tertiary/aromatic N) is 5. The van der Waals surface area contributed by atoms with Gasteiger partial charge in [-0.2, -0.15) is 18.2 Å². The van der Waals surface area contributed by atoms with E-state index in [-0.39, 0.29) is 12.1 Å². The smallest absolute Gasteiger partial charge is 0.433 e. The average molecular weight is 485 g/mol. The number of halogens is 3. The zero-order valence-corrected chi connectivity index (χ0v) is 19.4. The number of pyridine rings is 1. The number of benzene rings is 1. The van der Waals surface area contributed by atoms with E-state index in [1.807, 2.05) is 30.1 Å². The first-order valence-electron chi connectivity index (χ1n) is 11.7. The number of anilines is 3. The van der Waals surface area contributed by atoms with Crippen molar-refractivity contribution in [3.8, 4) is 5.75 Å². The van der Waals surface area contributed by atoms with Crippen LogP contribution in [0.5, 0.6) is 5.75 Å². The largest absolute Gasteiger partial charge is 0.486 e. The van der Waals surface area contributed by atoms with E-state index in [1.165, 1.54) is 11.8 Å². The minimum atomic E-state index is -4.45. The van der Waals surface area contributed by atoms with E-state index in [0.717, 1.165) is 31.1 Å². The van der Waals surface area contributed by atoms with Crippen LogP contribution in [0.15, 0.2) is 54.9 Å². The van der Waals surface area contributed by atoms with Gasteiger partial charge in [-0.05, 0) is 37.0 Å². The molecule has 184 valence electrons. The van der Waals surface area contributed by atoms with Gasteiger partial charge in [0.1, 0.15) is 12.3 Å². The van der Waals surface area contributed by atoms with Gasteiger partial charge in [-0.25, -0.2) is 4.98 Å². The number of nitrogens with one attached hydrogen (secondary N) is 1. The molecule has 1 atom stereocenters. The molecule has 0 spiro atoms. The van der Waals surface area contributed by atoms with Crippen molar-refractivity contribution in [1.82, 2.24) is 15.0 Å². The number of likely N-dealkylation sites (N-methyl/N-ethyl adjacent to an activating group) is 1. The summed E-state index contributed by atoms with van der Waals surface area (Å²) in [5.41, 5.74) is 0.917. The zero-order chi connectivity index (χ0) is 24.4. The first-order valence-corrected chi connectivity index (χ1v) is 11.7. The van der Waals surface area contributed by atoms with Gasteiger partial charge in [-0.1, -0.05) is 30.3 Å². The number of fused-ring (bicyclic) bond motifs is 1. The van der Waals surface area contributed by atoms with Gasteiger partial charge in [0.05, 0.1) is 12.2 Å². The summed E-state index contributed by atoms with van der Waals surface area (Å²) < 4.78 is 44.9. The molecule has 1 saturated heterocycles. The topological polar surface area (TPSA) is 66.4 Å². The fraction of sp³-hybridized carbons (Fsp3) is 0.400. The van der Waals surface area contributed by atoms with Crippen molar-refractivity contribution in [3.63, 3.8) is 0 Å². The number of ether oxygens (including phenoxy) is 1. The molecule has 10 heteroatoms. The first-order chi connectivity index (χ1) is 16.9. The maximum absolute atomic E-state index is 13.0. The molecule has 0 amide bonds. The Balaban J connectivity index is 1.21. The summed E-state index contributed by atoms with van der Waals surface area (Å²) in [5.74, 6) is 1.94. The summed E-state index contributed by atoms with van der Waals surface area (Å²) in [6.45, 7) is 1.83. The van der Waals surface area contributed by atoms with Crippen LogP contribution < -0.4 is 19.9 Å². The molecule has 1 aromatic carbocycles. The second-order valence-corrected chi connectivity index (χ2v) is 8.95. The molecule has 0 radical (unpaired) electrons. The Kier molecular flexibility index (Phi) is 6.36. The third-order valence-electron chi connectivity index (χ3n) is 6.59. The highest BCUT2D eigenvalue weighted by molar-refractivity contribution is 5.56. The quantitative estimate of drug-likeness (QED) is 0.576. The van der Waals surface area contributed by atoms with Crippen molar-refractivity contribution < 1.29 is 17.9 Å². The highest BCUT2D eigenvalue weighted by atomic mass is 19.4. The van der Waals surface area contributed by atoms with Gasteiger partial charge in [-0.3, -0.25) is 4.98 Å². The molecular formula is C25H27F3N6O. The Morgan fingerprint density at radius 2 is 1.86 bits per heavy atom. The lowest BCUT2D eigenvalue weighted by Crippen LogP contribution is -2.43. The molecule has 2 aliphatic heterocycles. The predicted molar refractivity (Wildman–Crippen MR) is 128 cm³/mol. The van der Waals surface area contributed by atoms with Crippen LogP contribution in [0.25, 0.3) is 0 Å². The van der Waals surface area contributed by atoms with E-state index >= 15 is 0 Å². The van der Waals surface area contributed by atoms with E-state index in [1.54, 1.807) is 12.3 Å². The highest BCUT2D eigenvalue weighted by Gasteiger charge is 2.33. The highest BCUT2D eigenvalue weighted by Crippen LogP contribution is 2.33. The lowest BCUT2D eigenvalue weighted by molar-refractivity contribution is -0.141. The molecule has 1 N–H and O–H groups in total. The molecule has 1 fully saturated rings. The van der Waals surface area contributed by atoms with Crippen molar-refractivity contribution in [2.75, 3.05) is 41.9 Å². The summed E-state index contributed by atoms with van der Waals surface area (Å²) >= 11 is 0. The van der Waals surface area contributed by atoms with Crippen LogP contribution in [-0.4, -0.2) is 53.8 Å². The lowest BCUT2D eigenvalue weighted by atomic mass is 10.0. The van der Waals surface area contributed by atoms with E-state index in [0.29, 0.717) is 37.1 Å². The maximum Gasteiger partial charge on any atom is 0.433 e. The first kappa shape index (κ1) is 23.2. The number of rotatable bonds is 5. The van der Waals surface area contributed by atoms with Crippen molar-refractivity contribution in [3.05, 3.63) is 66.1 Å². The maximum atomic E-state index is 13.0. The fourth-order valence-electron chi connectivity index (χ4n) is 4.57. The van der Waals surface area contributed by atoms with E-state index in [2.05, 4.69) is 32.3 Å². The Labute approximate surface area is 202 Å². The van der Waals surface area contributed by atoms with Gasteiger partial charge in [0, 0.05) is 38.1 Å². The molecule has 5 rings (SSSR count). The number of alkyl halides is 3. The second-order valence-electron chi connectivity index (χ2n) is 8.95. The predicted octanol–water partition coefficient (Wildman–Crippen LogP) is 4.41. The molecule has 2 aliphatic rings. The summed E-state index contributed by atoms with van der Waals surface area (Å²) in [6, 6.07) is 13.3. The molecule has 0 saturated carbocycles. The number of aromatic nitrogens is 3. The number of piperidine rings is 1. The zero-order valence-electron chi connectivity index (χ0n) is 19.4. The van der Waals surface area contributed by atoms with Crippen LogP contribution in [0.2, 0.25) is 0 Å². The van der Waals surface area contributed by atoms with Gasteiger partial charge in [0.15, 0.2) is 11.6 Å². The Morgan fingerprint density at radius 3 is 2.60 bits per heavy atom. The third-order valence-corrected chi connectivity index (χ3v) is 6.59. The van der Waals surface area contributed by atoms with Gasteiger partial charge >= 0.3 is 6.18 Å².